The van der Waals surface area contributed by atoms with Crippen LogP contribution in [0.5, 0.6) is 0 Å². The number of allylic oxidation sites excluding steroid dienone is 4. The van der Waals surface area contributed by atoms with E-state index in [4.69, 9.17) is 0 Å². The summed E-state index contributed by atoms with van der Waals surface area (Å²) in [6.45, 7) is 5.17. The molecule has 2 heteroatoms. The fraction of sp³-hybridized carbons (Fsp3) is 0.625. The molecule has 1 nitrogen and oxygen atoms in total. The number of nitrogens with zero attached hydrogens (tertiary/aromatic N) is 1. The van der Waals surface area contributed by atoms with Crippen LogP contribution in [-0.4, -0.2) is 4.98 Å². The van der Waals surface area contributed by atoms with E-state index in [-0.39, 0.29) is 32.7 Å². The first-order valence-corrected chi connectivity index (χ1v) is 10.4. The fourth-order valence-electron chi connectivity index (χ4n) is 7.24. The number of aromatic nitrogens is 1. The van der Waals surface area contributed by atoms with E-state index in [9.17, 15) is 0 Å². The summed E-state index contributed by atoms with van der Waals surface area (Å²) in [6.07, 6.45) is 20.3. The van der Waals surface area contributed by atoms with E-state index in [1.165, 1.54) is 56.9 Å². The summed E-state index contributed by atoms with van der Waals surface area (Å²) in [5.74, 6) is 2.64. The second kappa shape index (κ2) is 6.96. The molecule has 0 N–H and O–H groups in total. The quantitative estimate of drug-likeness (QED) is 0.476. The largest absolute Gasteiger partial charge is 0.264 e. The van der Waals surface area contributed by atoms with Crippen LogP contribution < -0.4 is 0 Å². The Kier molecular flexibility index (Phi) is 5.11. The SMILES string of the molecule is C[C@]12CCCCC1=CC[C@@H]1[C@@H]2CC[C@]2(C)C(c3cccnc3)=CC[C@@H]12.[Y]. The Morgan fingerprint density at radius 2 is 1.88 bits per heavy atom. The van der Waals surface area contributed by atoms with Gasteiger partial charge in [-0.2, -0.15) is 0 Å². The van der Waals surface area contributed by atoms with Crippen molar-refractivity contribution < 1.29 is 32.7 Å². The maximum absolute atomic E-state index is 4.39. The first-order valence-electron chi connectivity index (χ1n) is 10.4. The molecule has 0 aliphatic heterocycles. The zero-order valence-corrected chi connectivity index (χ0v) is 19.2. The third-order valence-electron chi connectivity index (χ3n) is 8.57. The van der Waals surface area contributed by atoms with Crippen LogP contribution in [-0.2, 0) is 32.7 Å². The second-order valence-corrected chi connectivity index (χ2v) is 9.52. The Balaban J connectivity index is 0.00000168. The Morgan fingerprint density at radius 1 is 1.00 bits per heavy atom. The molecule has 0 bridgehead atoms. The number of fused-ring (bicyclic) bond motifs is 5. The average Bonchev–Trinajstić information content (AvgIpc) is 2.99. The van der Waals surface area contributed by atoms with Gasteiger partial charge in [-0.05, 0) is 90.7 Å². The molecule has 0 unspecified atom stereocenters. The molecule has 2 fully saturated rings. The van der Waals surface area contributed by atoms with Gasteiger partial charge in [-0.25, -0.2) is 0 Å². The van der Waals surface area contributed by atoms with Crippen molar-refractivity contribution in [3.8, 4) is 0 Å². The van der Waals surface area contributed by atoms with Crippen molar-refractivity contribution in [3.63, 3.8) is 0 Å². The van der Waals surface area contributed by atoms with Gasteiger partial charge in [0, 0.05) is 45.1 Å². The minimum absolute atomic E-state index is 0. The molecule has 4 aliphatic carbocycles. The van der Waals surface area contributed by atoms with Crippen molar-refractivity contribution in [2.75, 3.05) is 0 Å². The van der Waals surface area contributed by atoms with Gasteiger partial charge in [-0.1, -0.05) is 44.1 Å². The van der Waals surface area contributed by atoms with E-state index < -0.39 is 0 Å². The van der Waals surface area contributed by atoms with Crippen LogP contribution in [0.15, 0.2) is 42.3 Å². The Hall–Kier alpha value is -0.266. The zero-order valence-electron chi connectivity index (χ0n) is 16.4. The van der Waals surface area contributed by atoms with Gasteiger partial charge in [0.15, 0.2) is 0 Å². The van der Waals surface area contributed by atoms with Crippen molar-refractivity contribution >= 4 is 5.57 Å². The van der Waals surface area contributed by atoms with Crippen molar-refractivity contribution in [3.05, 3.63) is 47.8 Å². The molecule has 135 valence electrons. The van der Waals surface area contributed by atoms with Crippen LogP contribution in [0.4, 0.5) is 0 Å². The Morgan fingerprint density at radius 3 is 2.69 bits per heavy atom. The van der Waals surface area contributed by atoms with Crippen molar-refractivity contribution in [1.29, 1.82) is 0 Å². The third kappa shape index (κ3) is 2.67. The molecule has 0 saturated heterocycles. The van der Waals surface area contributed by atoms with Crippen molar-refractivity contribution in [1.82, 2.24) is 4.98 Å². The van der Waals surface area contributed by atoms with Gasteiger partial charge in [-0.3, -0.25) is 4.98 Å². The van der Waals surface area contributed by atoms with Gasteiger partial charge in [0.25, 0.3) is 0 Å². The van der Waals surface area contributed by atoms with Crippen LogP contribution in [0.25, 0.3) is 5.57 Å². The molecule has 1 radical (unpaired) electrons. The summed E-state index contributed by atoms with van der Waals surface area (Å²) in [5, 5.41) is 0. The summed E-state index contributed by atoms with van der Waals surface area (Å²) in [5.41, 5.74) is 5.65. The second-order valence-electron chi connectivity index (χ2n) is 9.52. The van der Waals surface area contributed by atoms with E-state index in [1.54, 1.807) is 5.57 Å². The normalized spacial score (nSPS) is 41.1. The Bertz CT molecular complexity index is 736. The number of hydrogen-bond donors (Lipinski definition) is 0. The van der Waals surface area contributed by atoms with E-state index in [0.29, 0.717) is 10.8 Å². The summed E-state index contributed by atoms with van der Waals surface area (Å²) >= 11 is 0. The molecular weight excluding hydrogens is 391 g/mol. The van der Waals surface area contributed by atoms with Gasteiger partial charge >= 0.3 is 0 Å². The minimum atomic E-state index is 0. The molecule has 2 saturated carbocycles. The maximum atomic E-state index is 4.39. The monoisotopic (exact) mass is 422 g/mol. The topological polar surface area (TPSA) is 12.9 Å². The number of pyridine rings is 1. The molecule has 0 amide bonds. The van der Waals surface area contributed by atoms with Gasteiger partial charge < -0.3 is 0 Å². The van der Waals surface area contributed by atoms with Gasteiger partial charge in [-0.15, -0.1) is 0 Å². The molecule has 1 heterocycles. The molecule has 5 atom stereocenters. The van der Waals surface area contributed by atoms with Gasteiger partial charge in [0.2, 0.25) is 0 Å². The van der Waals surface area contributed by atoms with E-state index in [2.05, 4.69) is 49.3 Å². The summed E-state index contributed by atoms with van der Waals surface area (Å²) in [6, 6.07) is 4.36. The fourth-order valence-corrected chi connectivity index (χ4v) is 7.24. The minimum Gasteiger partial charge on any atom is -0.264 e. The van der Waals surface area contributed by atoms with E-state index in [1.807, 2.05) is 11.8 Å². The molecule has 0 aromatic carbocycles. The van der Waals surface area contributed by atoms with Gasteiger partial charge in [0.05, 0.1) is 0 Å². The molecular formula is C24H31NY. The number of hydrogen-bond acceptors (Lipinski definition) is 1. The maximum Gasteiger partial charge on any atom is 0.0343 e. The van der Waals surface area contributed by atoms with Crippen LogP contribution in [0.2, 0.25) is 0 Å². The summed E-state index contributed by atoms with van der Waals surface area (Å²) in [7, 11) is 0. The smallest absolute Gasteiger partial charge is 0.0343 e. The average molecular weight is 422 g/mol. The first kappa shape index (κ1) is 19.1. The summed E-state index contributed by atoms with van der Waals surface area (Å²) in [4.78, 5) is 4.39. The van der Waals surface area contributed by atoms with Crippen LogP contribution in [0.1, 0.15) is 70.8 Å². The third-order valence-corrected chi connectivity index (χ3v) is 8.57. The molecule has 26 heavy (non-hydrogen) atoms. The molecule has 4 aliphatic rings. The first-order chi connectivity index (χ1) is 12.1. The van der Waals surface area contributed by atoms with Crippen LogP contribution in [0, 0.1) is 28.6 Å². The zero-order chi connectivity index (χ0) is 17.1. The number of rotatable bonds is 1. The van der Waals surface area contributed by atoms with Crippen molar-refractivity contribution in [2.45, 2.75) is 65.2 Å². The summed E-state index contributed by atoms with van der Waals surface area (Å²) < 4.78 is 0. The van der Waals surface area contributed by atoms with Crippen molar-refractivity contribution in [2.24, 2.45) is 28.6 Å². The molecule has 1 aromatic heterocycles. The molecule has 0 spiro atoms. The van der Waals surface area contributed by atoms with Crippen LogP contribution in [0.3, 0.4) is 0 Å². The van der Waals surface area contributed by atoms with Gasteiger partial charge in [0.1, 0.15) is 0 Å². The molecule has 5 rings (SSSR count). The van der Waals surface area contributed by atoms with Crippen LogP contribution >= 0.6 is 0 Å². The van der Waals surface area contributed by atoms with E-state index in [0.717, 1.165) is 17.8 Å². The predicted octanol–water partition coefficient (Wildman–Crippen LogP) is 6.43. The van der Waals surface area contributed by atoms with E-state index >= 15 is 0 Å². The Labute approximate surface area is 184 Å². The standard InChI is InChI=1S/C24H31N.Y/c1-23-13-4-3-7-18(23)8-9-19-21-11-10-20(17-6-5-15-25-16-17)24(21,2)14-12-22(19)23;/h5-6,8,10,15-16,19,21-22H,3-4,7,9,11-14H2,1-2H3;/t19-,21-,22-,23-,24+;/m0./s1. The molecule has 1 aromatic rings. The predicted molar refractivity (Wildman–Crippen MR) is 104 cm³/mol.